The van der Waals surface area contributed by atoms with E-state index in [0.717, 1.165) is 19.6 Å². The molecule has 0 atom stereocenters. The fourth-order valence-corrected chi connectivity index (χ4v) is 1.55. The van der Waals surface area contributed by atoms with Gasteiger partial charge in [0.15, 0.2) is 0 Å². The third-order valence-corrected chi connectivity index (χ3v) is 2.72. The Balaban J connectivity index is 3.69. The number of hydrogen-bond donors (Lipinski definition) is 0. The first-order chi connectivity index (χ1) is 10.3. The molecule has 0 unspecified atom stereocenters. The van der Waals surface area contributed by atoms with Crippen molar-refractivity contribution in [3.05, 3.63) is 0 Å². The van der Waals surface area contributed by atoms with Gasteiger partial charge in [-0.25, -0.2) is 0 Å². The lowest BCUT2D eigenvalue weighted by Crippen LogP contribution is -2.34. The first kappa shape index (κ1) is 20.7. The molecule has 7 nitrogen and oxygen atoms in total. The highest BCUT2D eigenvalue weighted by atomic mass is 16.7. The molecule has 0 aliphatic carbocycles. The van der Waals surface area contributed by atoms with Crippen LogP contribution in [0, 0.1) is 0 Å². The van der Waals surface area contributed by atoms with Crippen molar-refractivity contribution in [2.75, 3.05) is 94.0 Å². The molecule has 0 aliphatic rings. The minimum absolute atomic E-state index is 0.322. The highest BCUT2D eigenvalue weighted by Crippen LogP contribution is 1.92. The van der Waals surface area contributed by atoms with E-state index in [1.807, 2.05) is 0 Å². The summed E-state index contributed by atoms with van der Waals surface area (Å²) in [6.45, 7) is 7.29. The van der Waals surface area contributed by atoms with Crippen molar-refractivity contribution in [2.45, 2.75) is 0 Å². The van der Waals surface area contributed by atoms with Gasteiger partial charge >= 0.3 is 0 Å². The van der Waals surface area contributed by atoms with Crippen LogP contribution >= 0.6 is 0 Å². The summed E-state index contributed by atoms with van der Waals surface area (Å²) in [6, 6.07) is 0. The van der Waals surface area contributed by atoms with Crippen LogP contribution in [0.5, 0.6) is 0 Å². The minimum Gasteiger partial charge on any atom is -0.382 e. The molecule has 0 aromatic carbocycles. The van der Waals surface area contributed by atoms with Gasteiger partial charge in [0, 0.05) is 41.0 Å². The Labute approximate surface area is 128 Å². The van der Waals surface area contributed by atoms with Crippen LogP contribution in [0.4, 0.5) is 0 Å². The Bertz CT molecular complexity index is 182. The van der Waals surface area contributed by atoms with E-state index in [-0.39, 0.29) is 0 Å². The predicted octanol–water partition coefficient (Wildman–Crippen LogP) is 0.235. The summed E-state index contributed by atoms with van der Waals surface area (Å²) < 4.78 is 31.0. The largest absolute Gasteiger partial charge is 0.382 e. The maximum absolute atomic E-state index is 5.48. The Morgan fingerprint density at radius 3 is 1.43 bits per heavy atom. The SMILES string of the molecule is COCCOCCN(CCOCCOC)CCOCOC. The topological polar surface area (TPSA) is 58.6 Å². The highest BCUT2D eigenvalue weighted by Gasteiger charge is 2.05. The molecule has 0 radical (unpaired) electrons. The van der Waals surface area contributed by atoms with Gasteiger partial charge in [-0.05, 0) is 0 Å². The third kappa shape index (κ3) is 15.9. The summed E-state index contributed by atoms with van der Waals surface area (Å²) in [5.74, 6) is 0. The molecule has 0 fully saturated rings. The van der Waals surface area contributed by atoms with Gasteiger partial charge in [-0.2, -0.15) is 0 Å². The van der Waals surface area contributed by atoms with Gasteiger partial charge in [-0.15, -0.1) is 0 Å². The molecule has 0 rings (SSSR count). The van der Waals surface area contributed by atoms with E-state index < -0.39 is 0 Å². The fraction of sp³-hybridized carbons (Fsp3) is 1.00. The molecule has 7 heteroatoms. The van der Waals surface area contributed by atoms with E-state index in [1.165, 1.54) is 0 Å². The lowest BCUT2D eigenvalue weighted by molar-refractivity contribution is -0.0403. The van der Waals surface area contributed by atoms with Crippen LogP contribution in [0.1, 0.15) is 0 Å². The van der Waals surface area contributed by atoms with Crippen LogP contribution < -0.4 is 0 Å². The van der Waals surface area contributed by atoms with Gasteiger partial charge in [0.25, 0.3) is 0 Å². The van der Waals surface area contributed by atoms with Crippen molar-refractivity contribution in [3.8, 4) is 0 Å². The second-order valence-corrected chi connectivity index (χ2v) is 4.37. The van der Waals surface area contributed by atoms with Gasteiger partial charge in [0.2, 0.25) is 0 Å². The summed E-state index contributed by atoms with van der Waals surface area (Å²) in [5.41, 5.74) is 0. The van der Waals surface area contributed by atoms with Gasteiger partial charge < -0.3 is 28.4 Å². The quantitative estimate of drug-likeness (QED) is 0.282. The van der Waals surface area contributed by atoms with Crippen LogP contribution in [0.3, 0.4) is 0 Å². The molecule has 0 N–H and O–H groups in total. The number of rotatable bonds is 17. The van der Waals surface area contributed by atoms with Crippen LogP contribution in [0.25, 0.3) is 0 Å². The van der Waals surface area contributed by atoms with Crippen LogP contribution in [0.15, 0.2) is 0 Å². The van der Waals surface area contributed by atoms with E-state index in [4.69, 9.17) is 28.4 Å². The second-order valence-electron chi connectivity index (χ2n) is 4.37. The first-order valence-corrected chi connectivity index (χ1v) is 7.27. The smallest absolute Gasteiger partial charge is 0.146 e. The molecule has 128 valence electrons. The second kappa shape index (κ2) is 17.8. The zero-order chi connectivity index (χ0) is 15.6. The zero-order valence-electron chi connectivity index (χ0n) is 13.7. The normalized spacial score (nSPS) is 11.4. The standard InChI is InChI=1S/C14H31NO6/c1-16-10-12-19-7-4-15(6-9-21-14-18-3)5-8-20-13-11-17-2/h4-14H2,1-3H3. The lowest BCUT2D eigenvalue weighted by Gasteiger charge is -2.22. The number of nitrogens with zero attached hydrogens (tertiary/aromatic N) is 1. The van der Waals surface area contributed by atoms with Crippen molar-refractivity contribution in [1.29, 1.82) is 0 Å². The Hall–Kier alpha value is -0.280. The van der Waals surface area contributed by atoms with Gasteiger partial charge in [-0.3, -0.25) is 4.90 Å². The molecule has 0 saturated heterocycles. The first-order valence-electron chi connectivity index (χ1n) is 7.27. The van der Waals surface area contributed by atoms with Crippen molar-refractivity contribution in [2.24, 2.45) is 0 Å². The molecular formula is C14H31NO6. The van der Waals surface area contributed by atoms with Gasteiger partial charge in [0.1, 0.15) is 6.79 Å². The third-order valence-electron chi connectivity index (χ3n) is 2.72. The maximum Gasteiger partial charge on any atom is 0.146 e. The van der Waals surface area contributed by atoms with Crippen molar-refractivity contribution < 1.29 is 28.4 Å². The zero-order valence-corrected chi connectivity index (χ0v) is 13.7. The van der Waals surface area contributed by atoms with E-state index in [2.05, 4.69) is 4.90 Å². The van der Waals surface area contributed by atoms with E-state index in [1.54, 1.807) is 21.3 Å². The molecule has 0 aromatic rings. The molecule has 0 bridgehead atoms. The van der Waals surface area contributed by atoms with Crippen molar-refractivity contribution in [3.63, 3.8) is 0 Å². The molecule has 21 heavy (non-hydrogen) atoms. The van der Waals surface area contributed by atoms with Crippen molar-refractivity contribution in [1.82, 2.24) is 4.90 Å². The molecule has 0 saturated carbocycles. The fourth-order valence-electron chi connectivity index (χ4n) is 1.55. The maximum atomic E-state index is 5.48. The predicted molar refractivity (Wildman–Crippen MR) is 79.7 cm³/mol. The molecule has 0 amide bonds. The van der Waals surface area contributed by atoms with Gasteiger partial charge in [0.05, 0.1) is 46.2 Å². The number of ether oxygens (including phenoxy) is 6. The average Bonchev–Trinajstić information content (AvgIpc) is 2.50. The van der Waals surface area contributed by atoms with E-state index >= 15 is 0 Å². The summed E-state index contributed by atoms with van der Waals surface area (Å²) in [6.07, 6.45) is 0. The molecular weight excluding hydrogens is 278 g/mol. The minimum atomic E-state index is 0.322. The summed E-state index contributed by atoms with van der Waals surface area (Å²) in [4.78, 5) is 2.25. The summed E-state index contributed by atoms with van der Waals surface area (Å²) in [7, 11) is 4.95. The Kier molecular flexibility index (Phi) is 17.5. The summed E-state index contributed by atoms with van der Waals surface area (Å²) in [5, 5.41) is 0. The Morgan fingerprint density at radius 1 is 0.524 bits per heavy atom. The average molecular weight is 309 g/mol. The molecule has 0 spiro atoms. The van der Waals surface area contributed by atoms with Crippen LogP contribution in [0.2, 0.25) is 0 Å². The molecule has 0 aromatic heterocycles. The molecule has 0 aliphatic heterocycles. The van der Waals surface area contributed by atoms with Crippen molar-refractivity contribution >= 4 is 0 Å². The van der Waals surface area contributed by atoms with E-state index in [9.17, 15) is 0 Å². The van der Waals surface area contributed by atoms with E-state index in [0.29, 0.717) is 53.0 Å². The monoisotopic (exact) mass is 309 g/mol. The Morgan fingerprint density at radius 2 is 1.00 bits per heavy atom. The number of hydrogen-bond acceptors (Lipinski definition) is 7. The lowest BCUT2D eigenvalue weighted by atomic mass is 10.4. The van der Waals surface area contributed by atoms with Crippen LogP contribution in [-0.4, -0.2) is 98.9 Å². The van der Waals surface area contributed by atoms with Gasteiger partial charge in [-0.1, -0.05) is 0 Å². The number of methoxy groups -OCH3 is 3. The molecule has 0 heterocycles. The van der Waals surface area contributed by atoms with Crippen LogP contribution in [-0.2, 0) is 28.4 Å². The summed E-state index contributed by atoms with van der Waals surface area (Å²) >= 11 is 0. The highest BCUT2D eigenvalue weighted by molar-refractivity contribution is 4.57.